The standard InChI is InChI=1S/C27H26F2/c1-2-3-19-6-11-22(12-7-19)23-13-8-20(9-14-23)4-5-21-10-15-24-17-26(28)27(29)18-25(24)16-21/h6-7,10-12,15-18,20,23H,2-3,8-9,13-14H2,1H3. The average Bonchev–Trinajstić information content (AvgIpc) is 2.74. The first kappa shape index (κ1) is 19.6. The smallest absolute Gasteiger partial charge is 0.159 e. The van der Waals surface area contributed by atoms with Gasteiger partial charge in [-0.15, -0.1) is 0 Å². The Hall–Kier alpha value is -2.66. The summed E-state index contributed by atoms with van der Waals surface area (Å²) in [5.74, 6) is 6.08. The topological polar surface area (TPSA) is 0 Å². The fourth-order valence-electron chi connectivity index (χ4n) is 4.32. The summed E-state index contributed by atoms with van der Waals surface area (Å²) in [7, 11) is 0. The second-order valence-corrected chi connectivity index (χ2v) is 8.14. The van der Waals surface area contributed by atoms with Crippen molar-refractivity contribution in [2.75, 3.05) is 0 Å². The predicted molar refractivity (Wildman–Crippen MR) is 116 cm³/mol. The van der Waals surface area contributed by atoms with E-state index in [0.717, 1.165) is 24.8 Å². The van der Waals surface area contributed by atoms with E-state index in [1.165, 1.54) is 42.5 Å². The van der Waals surface area contributed by atoms with Crippen molar-refractivity contribution < 1.29 is 8.78 Å². The van der Waals surface area contributed by atoms with E-state index in [1.54, 1.807) is 6.07 Å². The number of benzene rings is 3. The molecule has 1 fully saturated rings. The maximum atomic E-state index is 13.5. The maximum absolute atomic E-state index is 13.5. The zero-order valence-corrected chi connectivity index (χ0v) is 16.8. The Kier molecular flexibility index (Phi) is 5.95. The highest BCUT2D eigenvalue weighted by atomic mass is 19.2. The van der Waals surface area contributed by atoms with Gasteiger partial charge in [-0.2, -0.15) is 0 Å². The molecule has 3 aromatic rings. The molecule has 4 rings (SSSR count). The van der Waals surface area contributed by atoms with Gasteiger partial charge < -0.3 is 0 Å². The van der Waals surface area contributed by atoms with Crippen LogP contribution in [0.5, 0.6) is 0 Å². The Morgan fingerprint density at radius 1 is 0.828 bits per heavy atom. The Balaban J connectivity index is 1.39. The molecule has 0 aliphatic heterocycles. The highest BCUT2D eigenvalue weighted by molar-refractivity contribution is 5.84. The van der Waals surface area contributed by atoms with E-state index in [0.29, 0.717) is 22.6 Å². The van der Waals surface area contributed by atoms with Gasteiger partial charge in [-0.1, -0.05) is 55.5 Å². The summed E-state index contributed by atoms with van der Waals surface area (Å²) in [6, 6.07) is 17.2. The van der Waals surface area contributed by atoms with Gasteiger partial charge in [-0.25, -0.2) is 8.78 Å². The van der Waals surface area contributed by atoms with Gasteiger partial charge in [0.1, 0.15) is 0 Å². The zero-order chi connectivity index (χ0) is 20.2. The minimum atomic E-state index is -0.816. The van der Waals surface area contributed by atoms with Gasteiger partial charge in [0.15, 0.2) is 11.6 Å². The lowest BCUT2D eigenvalue weighted by atomic mass is 9.78. The van der Waals surface area contributed by atoms with Crippen molar-refractivity contribution in [2.24, 2.45) is 5.92 Å². The molecule has 1 aliphatic carbocycles. The van der Waals surface area contributed by atoms with Crippen molar-refractivity contribution in [3.63, 3.8) is 0 Å². The number of rotatable bonds is 3. The number of halogens is 2. The van der Waals surface area contributed by atoms with Crippen LogP contribution in [0.4, 0.5) is 8.78 Å². The van der Waals surface area contributed by atoms with Crippen molar-refractivity contribution in [3.8, 4) is 11.8 Å². The Morgan fingerprint density at radius 3 is 2.21 bits per heavy atom. The first-order valence-corrected chi connectivity index (χ1v) is 10.6. The van der Waals surface area contributed by atoms with E-state index in [1.807, 2.05) is 12.1 Å². The minimum absolute atomic E-state index is 0.409. The molecular weight excluding hydrogens is 362 g/mol. The summed E-state index contributed by atoms with van der Waals surface area (Å²) in [4.78, 5) is 0. The molecule has 3 aromatic carbocycles. The van der Waals surface area contributed by atoms with Crippen molar-refractivity contribution in [2.45, 2.75) is 51.4 Å². The van der Waals surface area contributed by atoms with Gasteiger partial charge in [-0.3, -0.25) is 0 Å². The number of aryl methyl sites for hydroxylation is 1. The summed E-state index contributed by atoms with van der Waals surface area (Å²) >= 11 is 0. The summed E-state index contributed by atoms with van der Waals surface area (Å²) in [5, 5.41) is 1.38. The van der Waals surface area contributed by atoms with E-state index < -0.39 is 11.6 Å². The minimum Gasteiger partial charge on any atom is -0.204 e. The Labute approximate surface area is 172 Å². The third-order valence-electron chi connectivity index (χ3n) is 6.02. The van der Waals surface area contributed by atoms with Crippen LogP contribution >= 0.6 is 0 Å². The summed E-state index contributed by atoms with van der Waals surface area (Å²) in [6.45, 7) is 2.21. The van der Waals surface area contributed by atoms with Crippen molar-refractivity contribution in [1.82, 2.24) is 0 Å². The lowest BCUT2D eigenvalue weighted by molar-refractivity contribution is 0.384. The summed E-state index contributed by atoms with van der Waals surface area (Å²) < 4.78 is 26.8. The molecular formula is C27H26F2. The number of hydrogen-bond acceptors (Lipinski definition) is 0. The van der Waals surface area contributed by atoms with Gasteiger partial charge in [0.2, 0.25) is 0 Å². The van der Waals surface area contributed by atoms with E-state index in [4.69, 9.17) is 0 Å². The first-order valence-electron chi connectivity index (χ1n) is 10.6. The van der Waals surface area contributed by atoms with Crippen LogP contribution in [-0.4, -0.2) is 0 Å². The van der Waals surface area contributed by atoms with Crippen LogP contribution in [0.2, 0.25) is 0 Å². The fraction of sp³-hybridized carbons (Fsp3) is 0.333. The van der Waals surface area contributed by atoms with Gasteiger partial charge in [0, 0.05) is 11.5 Å². The molecule has 2 heteroatoms. The van der Waals surface area contributed by atoms with Crippen LogP contribution in [0.3, 0.4) is 0 Å². The first-order chi connectivity index (χ1) is 14.1. The third-order valence-corrected chi connectivity index (χ3v) is 6.02. The summed E-state index contributed by atoms with van der Waals surface area (Å²) in [6.07, 6.45) is 6.91. The third kappa shape index (κ3) is 4.67. The monoisotopic (exact) mass is 388 g/mol. The van der Waals surface area contributed by atoms with Crippen molar-refractivity contribution in [3.05, 3.63) is 82.9 Å². The Morgan fingerprint density at radius 2 is 1.52 bits per heavy atom. The molecule has 29 heavy (non-hydrogen) atoms. The SMILES string of the molecule is CCCc1ccc(C2CCC(C#Cc3ccc4cc(F)c(F)cc4c3)CC2)cc1. The predicted octanol–water partition coefficient (Wildman–Crippen LogP) is 7.40. The molecule has 0 atom stereocenters. The molecule has 148 valence electrons. The molecule has 0 radical (unpaired) electrons. The van der Waals surface area contributed by atoms with Crippen LogP contribution in [0, 0.1) is 29.4 Å². The highest BCUT2D eigenvalue weighted by Gasteiger charge is 2.21. The van der Waals surface area contributed by atoms with Crippen molar-refractivity contribution >= 4 is 10.8 Å². The van der Waals surface area contributed by atoms with E-state index in [2.05, 4.69) is 43.0 Å². The van der Waals surface area contributed by atoms with Crippen molar-refractivity contribution in [1.29, 1.82) is 0 Å². The molecule has 0 nitrogen and oxygen atoms in total. The molecule has 0 spiro atoms. The molecule has 0 unspecified atom stereocenters. The lowest BCUT2D eigenvalue weighted by Gasteiger charge is -2.26. The maximum Gasteiger partial charge on any atom is 0.159 e. The summed E-state index contributed by atoms with van der Waals surface area (Å²) in [5.41, 5.74) is 3.74. The fourth-order valence-corrected chi connectivity index (χ4v) is 4.32. The van der Waals surface area contributed by atoms with Gasteiger partial charge >= 0.3 is 0 Å². The van der Waals surface area contributed by atoms with Crippen LogP contribution in [0.25, 0.3) is 10.8 Å². The second-order valence-electron chi connectivity index (χ2n) is 8.14. The molecule has 0 aromatic heterocycles. The number of hydrogen-bond donors (Lipinski definition) is 0. The Bertz CT molecular complexity index is 1050. The molecule has 0 N–H and O–H groups in total. The normalized spacial score (nSPS) is 19.0. The van der Waals surface area contributed by atoms with Crippen LogP contribution in [0.1, 0.15) is 61.6 Å². The largest absolute Gasteiger partial charge is 0.204 e. The zero-order valence-electron chi connectivity index (χ0n) is 16.8. The molecule has 0 heterocycles. The van der Waals surface area contributed by atoms with Crippen LogP contribution in [-0.2, 0) is 6.42 Å². The molecule has 1 saturated carbocycles. The molecule has 0 bridgehead atoms. The lowest BCUT2D eigenvalue weighted by Crippen LogP contribution is -2.12. The van der Waals surface area contributed by atoms with Gasteiger partial charge in [0.05, 0.1) is 0 Å². The molecule has 0 saturated heterocycles. The molecule has 1 aliphatic rings. The highest BCUT2D eigenvalue weighted by Crippen LogP contribution is 2.35. The molecule has 0 amide bonds. The van der Waals surface area contributed by atoms with E-state index in [-0.39, 0.29) is 0 Å². The van der Waals surface area contributed by atoms with Crippen LogP contribution < -0.4 is 0 Å². The second kappa shape index (κ2) is 8.78. The van der Waals surface area contributed by atoms with E-state index in [9.17, 15) is 8.78 Å². The number of fused-ring (bicyclic) bond motifs is 1. The quantitative estimate of drug-likeness (QED) is 0.410. The average molecular weight is 389 g/mol. The van der Waals surface area contributed by atoms with Crippen LogP contribution in [0.15, 0.2) is 54.6 Å². The van der Waals surface area contributed by atoms with Gasteiger partial charge in [0.25, 0.3) is 0 Å². The van der Waals surface area contributed by atoms with E-state index >= 15 is 0 Å². The van der Waals surface area contributed by atoms with Gasteiger partial charge in [-0.05, 0) is 84.2 Å².